The standard InChI is InChI=1S/C18H13F6N5O2/c1-9-14-6-13(7-25-15(14)28(2)27-9)29(8-30)16(31)26-12-4-10(17(19,20)21)3-11(5-12)18(22,23)24/h3-8H,1-2H3,(H,26,31). The summed E-state index contributed by atoms with van der Waals surface area (Å²) in [5.41, 5.74) is -3.08. The molecule has 31 heavy (non-hydrogen) atoms. The quantitative estimate of drug-likeness (QED) is 0.475. The molecule has 0 saturated heterocycles. The molecule has 0 aliphatic carbocycles. The van der Waals surface area contributed by atoms with Crippen molar-refractivity contribution in [3.8, 4) is 0 Å². The predicted octanol–water partition coefficient (Wildman–Crippen LogP) is 4.51. The minimum atomic E-state index is -5.09. The Kier molecular flexibility index (Phi) is 5.38. The second-order valence-electron chi connectivity index (χ2n) is 6.47. The van der Waals surface area contributed by atoms with Crippen molar-refractivity contribution in [2.24, 2.45) is 7.05 Å². The number of benzene rings is 1. The van der Waals surface area contributed by atoms with Crippen molar-refractivity contribution < 1.29 is 35.9 Å². The number of carbonyl (C=O) groups is 2. The molecule has 13 heteroatoms. The fourth-order valence-corrected chi connectivity index (χ4v) is 2.87. The van der Waals surface area contributed by atoms with Crippen LogP contribution < -0.4 is 10.2 Å². The van der Waals surface area contributed by atoms with E-state index in [9.17, 15) is 35.9 Å². The second-order valence-corrected chi connectivity index (χ2v) is 6.47. The number of imide groups is 1. The normalized spacial score (nSPS) is 12.1. The Morgan fingerprint density at radius 3 is 2.16 bits per heavy atom. The maximum atomic E-state index is 13.0. The number of fused-ring (bicyclic) bond motifs is 1. The van der Waals surface area contributed by atoms with Crippen LogP contribution in [0.3, 0.4) is 0 Å². The number of nitrogens with zero attached hydrogens (tertiary/aromatic N) is 4. The number of urea groups is 1. The highest BCUT2D eigenvalue weighted by Crippen LogP contribution is 2.37. The third-order valence-corrected chi connectivity index (χ3v) is 4.29. The zero-order valence-corrected chi connectivity index (χ0v) is 15.8. The van der Waals surface area contributed by atoms with E-state index < -0.39 is 35.2 Å². The van der Waals surface area contributed by atoms with Crippen molar-refractivity contribution in [1.82, 2.24) is 14.8 Å². The van der Waals surface area contributed by atoms with Gasteiger partial charge in [-0.15, -0.1) is 0 Å². The van der Waals surface area contributed by atoms with E-state index in [0.29, 0.717) is 33.8 Å². The molecule has 0 spiro atoms. The minimum Gasteiger partial charge on any atom is -0.307 e. The Morgan fingerprint density at radius 2 is 1.65 bits per heavy atom. The molecule has 7 nitrogen and oxygen atoms in total. The maximum absolute atomic E-state index is 13.0. The number of alkyl halides is 6. The number of pyridine rings is 1. The molecule has 2 aromatic heterocycles. The molecular weight excluding hydrogens is 432 g/mol. The average molecular weight is 445 g/mol. The fourth-order valence-electron chi connectivity index (χ4n) is 2.87. The second kappa shape index (κ2) is 7.56. The number of hydrogen-bond donors (Lipinski definition) is 1. The predicted molar refractivity (Wildman–Crippen MR) is 97.3 cm³/mol. The molecule has 1 aromatic carbocycles. The number of anilines is 2. The summed E-state index contributed by atoms with van der Waals surface area (Å²) >= 11 is 0. The number of hydrogen-bond acceptors (Lipinski definition) is 4. The van der Waals surface area contributed by atoms with Crippen molar-refractivity contribution in [2.45, 2.75) is 19.3 Å². The monoisotopic (exact) mass is 445 g/mol. The molecule has 0 aliphatic rings. The van der Waals surface area contributed by atoms with Crippen LogP contribution in [0.25, 0.3) is 11.0 Å². The molecule has 164 valence electrons. The summed E-state index contributed by atoms with van der Waals surface area (Å²) in [4.78, 5) is 28.5. The lowest BCUT2D eigenvalue weighted by atomic mass is 10.1. The van der Waals surface area contributed by atoms with E-state index in [-0.39, 0.29) is 18.2 Å². The van der Waals surface area contributed by atoms with Gasteiger partial charge in [0.1, 0.15) is 0 Å². The first kappa shape index (κ1) is 22.1. The molecule has 0 atom stereocenters. The molecule has 0 radical (unpaired) electrons. The van der Waals surface area contributed by atoms with Crippen LogP contribution in [0.1, 0.15) is 16.8 Å². The number of nitrogens with one attached hydrogen (secondary N) is 1. The summed E-state index contributed by atoms with van der Waals surface area (Å²) in [5.74, 6) is 0. The molecule has 3 aromatic rings. The Hall–Kier alpha value is -3.64. The van der Waals surface area contributed by atoms with Crippen LogP contribution in [0.15, 0.2) is 30.5 Å². The van der Waals surface area contributed by atoms with Gasteiger partial charge >= 0.3 is 18.4 Å². The van der Waals surface area contributed by atoms with Gasteiger partial charge in [0, 0.05) is 18.1 Å². The average Bonchev–Trinajstić information content (AvgIpc) is 2.94. The Labute approximate surface area is 170 Å². The molecular formula is C18H13F6N5O2. The number of halogens is 6. The van der Waals surface area contributed by atoms with Crippen LogP contribution in [-0.2, 0) is 24.2 Å². The van der Waals surface area contributed by atoms with E-state index in [2.05, 4.69) is 10.1 Å². The highest BCUT2D eigenvalue weighted by atomic mass is 19.4. The van der Waals surface area contributed by atoms with E-state index >= 15 is 0 Å². The molecule has 3 amide bonds. The summed E-state index contributed by atoms with van der Waals surface area (Å²) in [5, 5.41) is 6.52. The Balaban J connectivity index is 1.97. The van der Waals surface area contributed by atoms with Gasteiger partial charge in [-0.05, 0) is 31.2 Å². The summed E-state index contributed by atoms with van der Waals surface area (Å²) in [6.07, 6.45) is -8.97. The molecule has 2 heterocycles. The number of aryl methyl sites for hydroxylation is 2. The first-order chi connectivity index (χ1) is 14.3. The highest BCUT2D eigenvalue weighted by molar-refractivity contribution is 6.12. The third kappa shape index (κ3) is 4.44. The highest BCUT2D eigenvalue weighted by Gasteiger charge is 2.37. The smallest absolute Gasteiger partial charge is 0.307 e. The van der Waals surface area contributed by atoms with Crippen LogP contribution in [-0.4, -0.2) is 27.2 Å². The molecule has 0 bridgehead atoms. The van der Waals surface area contributed by atoms with Gasteiger partial charge in [-0.2, -0.15) is 31.4 Å². The van der Waals surface area contributed by atoms with Crippen LogP contribution >= 0.6 is 0 Å². The van der Waals surface area contributed by atoms with Gasteiger partial charge < -0.3 is 5.32 Å². The van der Waals surface area contributed by atoms with Crippen molar-refractivity contribution in [1.29, 1.82) is 0 Å². The van der Waals surface area contributed by atoms with Gasteiger partial charge in [-0.3, -0.25) is 9.48 Å². The zero-order valence-electron chi connectivity index (χ0n) is 15.8. The van der Waals surface area contributed by atoms with Crippen molar-refractivity contribution >= 4 is 34.8 Å². The molecule has 0 unspecified atom stereocenters. The number of rotatable bonds is 3. The van der Waals surface area contributed by atoms with Gasteiger partial charge in [0.2, 0.25) is 6.41 Å². The van der Waals surface area contributed by atoms with Gasteiger partial charge in [0.05, 0.1) is 28.7 Å². The van der Waals surface area contributed by atoms with Crippen molar-refractivity contribution in [3.05, 3.63) is 47.3 Å². The lowest BCUT2D eigenvalue weighted by Gasteiger charge is -2.18. The first-order valence-corrected chi connectivity index (χ1v) is 8.45. The number of amides is 3. The summed E-state index contributed by atoms with van der Waals surface area (Å²) in [6.45, 7) is 1.65. The molecule has 0 fully saturated rings. The topological polar surface area (TPSA) is 80.1 Å². The summed E-state index contributed by atoms with van der Waals surface area (Å²) < 4.78 is 79.4. The van der Waals surface area contributed by atoms with E-state index in [1.165, 1.54) is 10.7 Å². The first-order valence-electron chi connectivity index (χ1n) is 8.45. The molecule has 1 N–H and O–H groups in total. The zero-order chi connectivity index (χ0) is 23.1. The fraction of sp³-hybridized carbons (Fsp3) is 0.222. The summed E-state index contributed by atoms with van der Waals surface area (Å²) in [7, 11) is 1.62. The maximum Gasteiger partial charge on any atom is 0.416 e. The Bertz CT molecular complexity index is 1140. The van der Waals surface area contributed by atoms with Crippen LogP contribution in [0.4, 0.5) is 42.5 Å². The third-order valence-electron chi connectivity index (χ3n) is 4.29. The van der Waals surface area contributed by atoms with Gasteiger partial charge in [0.15, 0.2) is 5.65 Å². The molecule has 0 saturated carbocycles. The van der Waals surface area contributed by atoms with Crippen LogP contribution in [0.2, 0.25) is 0 Å². The van der Waals surface area contributed by atoms with E-state index in [1.54, 1.807) is 14.0 Å². The Morgan fingerprint density at radius 1 is 1.06 bits per heavy atom. The largest absolute Gasteiger partial charge is 0.416 e. The number of carbonyl (C=O) groups excluding carboxylic acids is 2. The SMILES string of the molecule is Cc1nn(C)c2ncc(N(C=O)C(=O)Nc3cc(C(F)(F)F)cc(C(F)(F)F)c3)cc12. The van der Waals surface area contributed by atoms with E-state index in [0.717, 1.165) is 6.20 Å². The minimum absolute atomic E-state index is 0.0564. The lowest BCUT2D eigenvalue weighted by molar-refractivity contribution is -0.143. The molecule has 3 rings (SSSR count). The lowest BCUT2D eigenvalue weighted by Crippen LogP contribution is -2.34. The van der Waals surface area contributed by atoms with Gasteiger partial charge in [-0.1, -0.05) is 0 Å². The molecule has 0 aliphatic heterocycles. The summed E-state index contributed by atoms with van der Waals surface area (Å²) in [6, 6.07) is 0.721. The number of aromatic nitrogens is 3. The van der Waals surface area contributed by atoms with Gasteiger partial charge in [-0.25, -0.2) is 14.7 Å². The van der Waals surface area contributed by atoms with E-state index in [4.69, 9.17) is 0 Å². The van der Waals surface area contributed by atoms with Gasteiger partial charge in [0.25, 0.3) is 0 Å². The van der Waals surface area contributed by atoms with Crippen LogP contribution in [0.5, 0.6) is 0 Å². The van der Waals surface area contributed by atoms with E-state index in [1.807, 2.05) is 5.32 Å². The van der Waals surface area contributed by atoms with Crippen molar-refractivity contribution in [3.63, 3.8) is 0 Å². The van der Waals surface area contributed by atoms with Crippen molar-refractivity contribution in [2.75, 3.05) is 10.2 Å². The van der Waals surface area contributed by atoms with Crippen LogP contribution in [0, 0.1) is 6.92 Å².